The third kappa shape index (κ3) is 6.75. The normalized spacial score (nSPS) is 11.0. The summed E-state index contributed by atoms with van der Waals surface area (Å²) in [4.78, 5) is 9.04. The highest BCUT2D eigenvalue weighted by molar-refractivity contribution is 14.0. The summed E-state index contributed by atoms with van der Waals surface area (Å²) in [5, 5.41) is 14.1. The number of thiophene rings is 1. The van der Waals surface area contributed by atoms with Crippen LogP contribution >= 0.6 is 46.7 Å². The Kier molecular flexibility index (Phi) is 8.86. The topological polar surface area (TPSA) is 49.3 Å². The van der Waals surface area contributed by atoms with Crippen molar-refractivity contribution in [1.29, 1.82) is 0 Å². The van der Waals surface area contributed by atoms with Gasteiger partial charge in [-0.25, -0.2) is 9.98 Å². The smallest absolute Gasteiger partial charge is 0.191 e. The molecule has 0 atom stereocenters. The van der Waals surface area contributed by atoms with Crippen molar-refractivity contribution in [3.8, 4) is 0 Å². The van der Waals surface area contributed by atoms with Crippen LogP contribution in [0.2, 0.25) is 0 Å². The summed E-state index contributed by atoms with van der Waals surface area (Å²) in [6, 6.07) is 2.11. The molecule has 0 radical (unpaired) electrons. The highest BCUT2D eigenvalue weighted by atomic mass is 127. The average molecular weight is 436 g/mol. The minimum atomic E-state index is 0. The quantitative estimate of drug-likeness (QED) is 0.415. The molecule has 0 aromatic carbocycles. The lowest BCUT2D eigenvalue weighted by Gasteiger charge is -2.10. The molecule has 0 bridgehead atoms. The maximum Gasteiger partial charge on any atom is 0.191 e. The van der Waals surface area contributed by atoms with E-state index in [1.54, 1.807) is 22.7 Å². The molecule has 0 spiro atoms. The SMILES string of the molecule is CCNC(=NCc1ccsc1)NCCc1csc(C)n1.I. The highest BCUT2D eigenvalue weighted by Crippen LogP contribution is 2.08. The predicted octanol–water partition coefficient (Wildman–Crippen LogP) is 3.43. The number of hydrogen-bond acceptors (Lipinski definition) is 4. The first-order valence-corrected chi connectivity index (χ1v) is 8.54. The van der Waals surface area contributed by atoms with E-state index in [9.17, 15) is 0 Å². The predicted molar refractivity (Wildman–Crippen MR) is 103 cm³/mol. The second-order valence-corrected chi connectivity index (χ2v) is 6.20. The molecule has 0 saturated heterocycles. The van der Waals surface area contributed by atoms with Gasteiger partial charge in [-0.15, -0.1) is 35.3 Å². The van der Waals surface area contributed by atoms with Crippen LogP contribution in [-0.4, -0.2) is 24.0 Å². The maximum absolute atomic E-state index is 4.58. The first-order valence-electron chi connectivity index (χ1n) is 6.72. The van der Waals surface area contributed by atoms with Crippen LogP contribution in [0.1, 0.15) is 23.2 Å². The Balaban J connectivity index is 0.00000220. The minimum Gasteiger partial charge on any atom is -0.357 e. The summed E-state index contributed by atoms with van der Waals surface area (Å²) < 4.78 is 0. The van der Waals surface area contributed by atoms with Gasteiger partial charge in [-0.1, -0.05) is 0 Å². The molecule has 2 aromatic heterocycles. The van der Waals surface area contributed by atoms with Crippen molar-refractivity contribution < 1.29 is 0 Å². The second kappa shape index (κ2) is 10.1. The lowest BCUT2D eigenvalue weighted by molar-refractivity contribution is 0.790. The molecule has 7 heteroatoms. The summed E-state index contributed by atoms with van der Waals surface area (Å²) in [7, 11) is 0. The fourth-order valence-electron chi connectivity index (χ4n) is 1.73. The van der Waals surface area contributed by atoms with Gasteiger partial charge >= 0.3 is 0 Å². The molecule has 0 amide bonds. The molecular weight excluding hydrogens is 415 g/mol. The van der Waals surface area contributed by atoms with Crippen molar-refractivity contribution in [2.24, 2.45) is 4.99 Å². The fraction of sp³-hybridized carbons (Fsp3) is 0.429. The maximum atomic E-state index is 4.58. The van der Waals surface area contributed by atoms with Gasteiger partial charge in [0.05, 0.1) is 17.2 Å². The zero-order valence-corrected chi connectivity index (χ0v) is 16.2. The van der Waals surface area contributed by atoms with Crippen LogP contribution in [-0.2, 0) is 13.0 Å². The van der Waals surface area contributed by atoms with Gasteiger partial charge in [0.25, 0.3) is 0 Å². The van der Waals surface area contributed by atoms with E-state index in [0.29, 0.717) is 6.54 Å². The molecule has 2 rings (SSSR count). The summed E-state index contributed by atoms with van der Waals surface area (Å²) in [5.74, 6) is 0.866. The fourth-order valence-corrected chi connectivity index (χ4v) is 3.03. The van der Waals surface area contributed by atoms with E-state index in [-0.39, 0.29) is 24.0 Å². The van der Waals surface area contributed by atoms with Crippen LogP contribution in [0.4, 0.5) is 0 Å². The first kappa shape index (κ1) is 18.4. The molecule has 0 aliphatic rings. The van der Waals surface area contributed by atoms with E-state index in [0.717, 1.165) is 36.2 Å². The van der Waals surface area contributed by atoms with Crippen LogP contribution in [0.3, 0.4) is 0 Å². The summed E-state index contributed by atoms with van der Waals surface area (Å²) in [5.41, 5.74) is 2.40. The van der Waals surface area contributed by atoms with Crippen molar-refractivity contribution in [1.82, 2.24) is 15.6 Å². The highest BCUT2D eigenvalue weighted by Gasteiger charge is 2.00. The van der Waals surface area contributed by atoms with E-state index in [1.165, 1.54) is 5.56 Å². The van der Waals surface area contributed by atoms with Gasteiger partial charge in [0.2, 0.25) is 0 Å². The van der Waals surface area contributed by atoms with Crippen LogP contribution in [0.15, 0.2) is 27.2 Å². The Labute approximate surface area is 151 Å². The van der Waals surface area contributed by atoms with E-state index in [4.69, 9.17) is 0 Å². The molecule has 2 N–H and O–H groups in total. The lowest BCUT2D eigenvalue weighted by Crippen LogP contribution is -2.38. The number of aryl methyl sites for hydroxylation is 1. The lowest BCUT2D eigenvalue weighted by atomic mass is 10.3. The number of nitrogens with one attached hydrogen (secondary N) is 2. The average Bonchev–Trinajstić information content (AvgIpc) is 3.08. The van der Waals surface area contributed by atoms with Gasteiger partial charge in [0, 0.05) is 24.9 Å². The van der Waals surface area contributed by atoms with Crippen molar-refractivity contribution >= 4 is 52.6 Å². The summed E-state index contributed by atoms with van der Waals surface area (Å²) in [6.07, 6.45) is 0.924. The van der Waals surface area contributed by atoms with E-state index in [2.05, 4.69) is 49.7 Å². The number of aliphatic imine (C=N–C) groups is 1. The van der Waals surface area contributed by atoms with Crippen molar-refractivity contribution in [3.05, 3.63) is 38.5 Å². The largest absolute Gasteiger partial charge is 0.357 e. The monoisotopic (exact) mass is 436 g/mol. The summed E-state index contributed by atoms with van der Waals surface area (Å²) in [6.45, 7) is 6.54. The number of aromatic nitrogens is 1. The number of nitrogens with zero attached hydrogens (tertiary/aromatic N) is 2. The number of halogens is 1. The third-order valence-corrected chi connectivity index (χ3v) is 4.24. The molecule has 2 heterocycles. The van der Waals surface area contributed by atoms with Crippen LogP contribution in [0, 0.1) is 6.92 Å². The number of hydrogen-bond donors (Lipinski definition) is 2. The Morgan fingerprint density at radius 2 is 2.19 bits per heavy atom. The zero-order chi connectivity index (χ0) is 14.2. The number of rotatable bonds is 6. The van der Waals surface area contributed by atoms with Gasteiger partial charge in [-0.3, -0.25) is 0 Å². The molecule has 116 valence electrons. The molecule has 0 aliphatic heterocycles. The number of thiazole rings is 1. The van der Waals surface area contributed by atoms with Crippen LogP contribution in [0.25, 0.3) is 0 Å². The van der Waals surface area contributed by atoms with Gasteiger partial charge in [-0.05, 0) is 36.2 Å². The van der Waals surface area contributed by atoms with Gasteiger partial charge in [-0.2, -0.15) is 11.3 Å². The number of guanidine groups is 1. The van der Waals surface area contributed by atoms with E-state index in [1.807, 2.05) is 6.92 Å². The molecule has 0 unspecified atom stereocenters. The standard InChI is InChI=1S/C14H20N4S2.HI/c1-3-15-14(17-8-12-5-7-19-9-12)16-6-4-13-10-20-11(2)18-13;/h5,7,9-10H,3-4,6,8H2,1-2H3,(H2,15,16,17);1H. The molecule has 21 heavy (non-hydrogen) atoms. The molecular formula is C14H21IN4S2. The Morgan fingerprint density at radius 3 is 2.81 bits per heavy atom. The molecule has 0 aliphatic carbocycles. The van der Waals surface area contributed by atoms with Gasteiger partial charge < -0.3 is 10.6 Å². The third-order valence-electron chi connectivity index (χ3n) is 2.68. The van der Waals surface area contributed by atoms with E-state index < -0.39 is 0 Å². The minimum absolute atomic E-state index is 0. The Bertz CT molecular complexity index is 537. The van der Waals surface area contributed by atoms with Gasteiger partial charge in [0.1, 0.15) is 0 Å². The van der Waals surface area contributed by atoms with Crippen LogP contribution < -0.4 is 10.6 Å². The summed E-state index contributed by atoms with van der Waals surface area (Å²) >= 11 is 3.40. The van der Waals surface area contributed by atoms with E-state index >= 15 is 0 Å². The Morgan fingerprint density at radius 1 is 1.33 bits per heavy atom. The molecule has 0 saturated carbocycles. The molecule has 0 fully saturated rings. The second-order valence-electron chi connectivity index (χ2n) is 4.36. The zero-order valence-electron chi connectivity index (χ0n) is 12.3. The Hall–Kier alpha value is -0.670. The van der Waals surface area contributed by atoms with Crippen LogP contribution in [0.5, 0.6) is 0 Å². The van der Waals surface area contributed by atoms with Gasteiger partial charge in [0.15, 0.2) is 5.96 Å². The van der Waals surface area contributed by atoms with Crippen molar-refractivity contribution in [3.63, 3.8) is 0 Å². The van der Waals surface area contributed by atoms with Crippen molar-refractivity contribution in [2.45, 2.75) is 26.8 Å². The molecule has 2 aromatic rings. The molecule has 4 nitrogen and oxygen atoms in total. The van der Waals surface area contributed by atoms with Crippen molar-refractivity contribution in [2.75, 3.05) is 13.1 Å². The first-order chi connectivity index (χ1) is 9.78.